The summed E-state index contributed by atoms with van der Waals surface area (Å²) in [5, 5.41) is 11.9. The summed E-state index contributed by atoms with van der Waals surface area (Å²) in [5.74, 6) is -0.322. The van der Waals surface area contributed by atoms with Gasteiger partial charge in [-0.25, -0.2) is 16.8 Å². The lowest BCUT2D eigenvalue weighted by Gasteiger charge is -2.05. The fourth-order valence-corrected chi connectivity index (χ4v) is 3.22. The molecule has 0 saturated carbocycles. The molecular weight excluding hydrogens is 302 g/mol. The molecule has 0 atom stereocenters. The van der Waals surface area contributed by atoms with Gasteiger partial charge in [0.25, 0.3) is 9.05 Å². The molecular formula is C8H10ClN3O4S2. The quantitative estimate of drug-likeness (QED) is 0.714. The Balaban J connectivity index is 3.14. The maximum Gasteiger partial charge on any atom is 0.279 e. The van der Waals surface area contributed by atoms with Crippen LogP contribution in [0.2, 0.25) is 0 Å². The van der Waals surface area contributed by atoms with Crippen molar-refractivity contribution in [2.45, 2.75) is 18.5 Å². The second kappa shape index (κ2) is 5.26. The van der Waals surface area contributed by atoms with Gasteiger partial charge in [-0.1, -0.05) is 6.92 Å². The van der Waals surface area contributed by atoms with Gasteiger partial charge in [-0.15, -0.1) is 0 Å². The Hall–Kier alpha value is -1.11. The van der Waals surface area contributed by atoms with Crippen molar-refractivity contribution in [3.05, 3.63) is 11.8 Å². The standard InChI is InChI=1S/C8H10ClN3O4S2/c1-2-17(13,14)4-3-12-8(18(9,15)16)7(5-10)6-11-12/h6H,2-4H2,1H3. The second-order valence-corrected chi connectivity index (χ2v) is 8.33. The fourth-order valence-electron chi connectivity index (χ4n) is 1.24. The Bertz CT molecular complexity index is 684. The number of nitrogens with zero attached hydrogens (tertiary/aromatic N) is 3. The highest BCUT2D eigenvalue weighted by atomic mass is 35.7. The van der Waals surface area contributed by atoms with Crippen molar-refractivity contribution in [3.8, 4) is 6.07 Å². The van der Waals surface area contributed by atoms with Crippen molar-refractivity contribution in [1.29, 1.82) is 5.26 Å². The summed E-state index contributed by atoms with van der Waals surface area (Å²) in [7, 11) is -2.23. The summed E-state index contributed by atoms with van der Waals surface area (Å²) in [4.78, 5) is 0. The number of aryl methyl sites for hydroxylation is 1. The van der Waals surface area contributed by atoms with Crippen molar-refractivity contribution in [1.82, 2.24) is 9.78 Å². The van der Waals surface area contributed by atoms with Gasteiger partial charge in [-0.2, -0.15) is 10.4 Å². The minimum Gasteiger partial charge on any atom is -0.251 e. The van der Waals surface area contributed by atoms with E-state index in [1.54, 1.807) is 6.07 Å². The lowest BCUT2D eigenvalue weighted by molar-refractivity contribution is 0.550. The largest absolute Gasteiger partial charge is 0.279 e. The number of hydrogen-bond donors (Lipinski definition) is 0. The highest BCUT2D eigenvalue weighted by Crippen LogP contribution is 2.19. The molecule has 0 amide bonds. The lowest BCUT2D eigenvalue weighted by Crippen LogP contribution is -2.17. The molecule has 0 N–H and O–H groups in total. The number of nitriles is 1. The Morgan fingerprint density at radius 2 is 2.06 bits per heavy atom. The molecule has 0 aliphatic carbocycles. The van der Waals surface area contributed by atoms with Crippen LogP contribution < -0.4 is 0 Å². The molecule has 0 fully saturated rings. The molecule has 0 aliphatic heterocycles. The van der Waals surface area contributed by atoms with Gasteiger partial charge in [0, 0.05) is 16.4 Å². The number of hydrogen-bond acceptors (Lipinski definition) is 6. The third-order valence-corrected chi connectivity index (χ3v) is 5.21. The molecule has 0 unspecified atom stereocenters. The van der Waals surface area contributed by atoms with Crippen LogP contribution in [-0.4, -0.2) is 38.1 Å². The van der Waals surface area contributed by atoms with E-state index in [0.29, 0.717) is 0 Å². The summed E-state index contributed by atoms with van der Waals surface area (Å²) >= 11 is 0. The summed E-state index contributed by atoms with van der Waals surface area (Å²) < 4.78 is 46.1. The van der Waals surface area contributed by atoms with Gasteiger partial charge in [0.05, 0.1) is 18.5 Å². The summed E-state index contributed by atoms with van der Waals surface area (Å²) in [6.45, 7) is 1.32. The number of sulfone groups is 1. The van der Waals surface area contributed by atoms with Gasteiger partial charge in [-0.3, -0.25) is 4.68 Å². The van der Waals surface area contributed by atoms with Crippen LogP contribution in [0, 0.1) is 11.3 Å². The van der Waals surface area contributed by atoms with Crippen molar-refractivity contribution in [3.63, 3.8) is 0 Å². The van der Waals surface area contributed by atoms with E-state index in [-0.39, 0.29) is 23.6 Å². The van der Waals surface area contributed by atoms with Crippen LogP contribution in [0.1, 0.15) is 12.5 Å². The highest BCUT2D eigenvalue weighted by molar-refractivity contribution is 8.13. The molecule has 1 aromatic heterocycles. The van der Waals surface area contributed by atoms with Crippen LogP contribution in [0.3, 0.4) is 0 Å². The normalized spacial score (nSPS) is 12.3. The van der Waals surface area contributed by atoms with Gasteiger partial charge < -0.3 is 0 Å². The maximum atomic E-state index is 11.3. The predicted octanol–water partition coefficient (Wildman–Crippen LogP) is 0.117. The average Bonchev–Trinajstić information content (AvgIpc) is 2.69. The van der Waals surface area contributed by atoms with Crippen molar-refractivity contribution in [2.75, 3.05) is 11.5 Å². The first kappa shape index (κ1) is 14.9. The maximum absolute atomic E-state index is 11.3. The van der Waals surface area contributed by atoms with Gasteiger partial charge in [0.2, 0.25) is 0 Å². The zero-order valence-corrected chi connectivity index (χ0v) is 11.8. The smallest absolute Gasteiger partial charge is 0.251 e. The average molecular weight is 312 g/mol. The Morgan fingerprint density at radius 3 is 2.50 bits per heavy atom. The van der Waals surface area contributed by atoms with E-state index in [0.717, 1.165) is 10.9 Å². The van der Waals surface area contributed by atoms with E-state index in [4.69, 9.17) is 15.9 Å². The van der Waals surface area contributed by atoms with Crippen LogP contribution in [0.5, 0.6) is 0 Å². The topological polar surface area (TPSA) is 110 Å². The van der Waals surface area contributed by atoms with E-state index >= 15 is 0 Å². The van der Waals surface area contributed by atoms with E-state index in [9.17, 15) is 16.8 Å². The summed E-state index contributed by atoms with van der Waals surface area (Å²) in [5.41, 5.74) is -0.209. The molecule has 7 nitrogen and oxygen atoms in total. The van der Waals surface area contributed by atoms with Crippen LogP contribution in [0.15, 0.2) is 11.2 Å². The van der Waals surface area contributed by atoms with Crippen LogP contribution in [-0.2, 0) is 25.4 Å². The van der Waals surface area contributed by atoms with Gasteiger partial charge >= 0.3 is 0 Å². The highest BCUT2D eigenvalue weighted by Gasteiger charge is 2.23. The van der Waals surface area contributed by atoms with Crippen molar-refractivity contribution < 1.29 is 16.8 Å². The Morgan fingerprint density at radius 1 is 1.44 bits per heavy atom. The molecule has 1 aromatic rings. The van der Waals surface area contributed by atoms with Crippen molar-refractivity contribution >= 4 is 29.6 Å². The monoisotopic (exact) mass is 311 g/mol. The second-order valence-electron chi connectivity index (χ2n) is 3.37. The van der Waals surface area contributed by atoms with E-state index in [1.807, 2.05) is 0 Å². The SMILES string of the molecule is CCS(=O)(=O)CCn1ncc(C#N)c1S(=O)(=O)Cl. The molecule has 0 bridgehead atoms. The first-order valence-electron chi connectivity index (χ1n) is 4.82. The van der Waals surface area contributed by atoms with E-state index in [1.165, 1.54) is 6.92 Å². The van der Waals surface area contributed by atoms with E-state index in [2.05, 4.69) is 5.10 Å². The first-order chi connectivity index (χ1) is 8.21. The molecule has 0 radical (unpaired) electrons. The van der Waals surface area contributed by atoms with Gasteiger partial charge in [-0.05, 0) is 0 Å². The first-order valence-corrected chi connectivity index (χ1v) is 8.95. The molecule has 0 aromatic carbocycles. The molecule has 100 valence electrons. The molecule has 0 spiro atoms. The molecule has 1 heterocycles. The number of rotatable bonds is 5. The fraction of sp³-hybridized carbons (Fsp3) is 0.500. The van der Waals surface area contributed by atoms with E-state index < -0.39 is 23.9 Å². The molecule has 0 aliphatic rings. The minimum atomic E-state index is -4.15. The third-order valence-electron chi connectivity index (χ3n) is 2.20. The molecule has 10 heteroatoms. The lowest BCUT2D eigenvalue weighted by atomic mass is 10.4. The number of aromatic nitrogens is 2. The zero-order chi connectivity index (χ0) is 14.0. The molecule has 1 rings (SSSR count). The molecule has 18 heavy (non-hydrogen) atoms. The van der Waals surface area contributed by atoms with Gasteiger partial charge in [0.1, 0.15) is 11.6 Å². The minimum absolute atomic E-state index is 0.0532. The van der Waals surface area contributed by atoms with Crippen LogP contribution >= 0.6 is 10.7 Å². The summed E-state index contributed by atoms with van der Waals surface area (Å²) in [6.07, 6.45) is 1.04. The van der Waals surface area contributed by atoms with Crippen LogP contribution in [0.25, 0.3) is 0 Å². The third kappa shape index (κ3) is 3.44. The summed E-state index contributed by atoms with van der Waals surface area (Å²) in [6, 6.07) is 1.64. The van der Waals surface area contributed by atoms with Crippen LogP contribution in [0.4, 0.5) is 0 Å². The van der Waals surface area contributed by atoms with Gasteiger partial charge in [0.15, 0.2) is 14.9 Å². The molecule has 0 saturated heterocycles. The Kier molecular flexibility index (Phi) is 4.37. The predicted molar refractivity (Wildman–Crippen MR) is 64.3 cm³/mol. The van der Waals surface area contributed by atoms with Crippen molar-refractivity contribution in [2.24, 2.45) is 0 Å². The Labute approximate surface area is 109 Å². The number of halogens is 1. The zero-order valence-electron chi connectivity index (χ0n) is 9.37.